The molecule has 1 amide bonds. The van der Waals surface area contributed by atoms with Crippen molar-refractivity contribution < 1.29 is 9.53 Å². The molecule has 104 valence electrons. The highest BCUT2D eigenvalue weighted by molar-refractivity contribution is 7.12. The summed E-state index contributed by atoms with van der Waals surface area (Å²) in [4.78, 5) is 12.9. The van der Waals surface area contributed by atoms with E-state index in [0.29, 0.717) is 6.61 Å². The number of rotatable bonds is 2. The van der Waals surface area contributed by atoms with E-state index in [1.165, 1.54) is 11.3 Å². The SMILES string of the molecule is Cc1ccsc1C(=O)Nc1ccc2c(c1)CNCCO2. The molecule has 0 spiro atoms. The first-order chi connectivity index (χ1) is 9.74. The van der Waals surface area contributed by atoms with E-state index in [1.54, 1.807) is 0 Å². The van der Waals surface area contributed by atoms with Crippen molar-refractivity contribution in [3.8, 4) is 5.75 Å². The third kappa shape index (κ3) is 2.69. The number of fused-ring (bicyclic) bond motifs is 1. The highest BCUT2D eigenvalue weighted by atomic mass is 32.1. The Morgan fingerprint density at radius 2 is 2.30 bits per heavy atom. The van der Waals surface area contributed by atoms with Crippen LogP contribution < -0.4 is 15.4 Å². The van der Waals surface area contributed by atoms with Gasteiger partial charge in [0.1, 0.15) is 12.4 Å². The van der Waals surface area contributed by atoms with Crippen molar-refractivity contribution in [2.24, 2.45) is 0 Å². The summed E-state index contributed by atoms with van der Waals surface area (Å²) < 4.78 is 5.63. The number of carbonyl (C=O) groups is 1. The fraction of sp³-hybridized carbons (Fsp3) is 0.267. The molecule has 1 aliphatic heterocycles. The number of hydrogen-bond donors (Lipinski definition) is 2. The van der Waals surface area contributed by atoms with Crippen LogP contribution in [0.25, 0.3) is 0 Å². The second-order valence-corrected chi connectivity index (χ2v) is 5.65. The van der Waals surface area contributed by atoms with Crippen LogP contribution in [0.2, 0.25) is 0 Å². The second-order valence-electron chi connectivity index (χ2n) is 4.73. The Kier molecular flexibility index (Phi) is 3.71. The fourth-order valence-corrected chi connectivity index (χ4v) is 3.01. The Morgan fingerprint density at radius 3 is 3.10 bits per heavy atom. The molecule has 0 bridgehead atoms. The molecule has 1 aromatic heterocycles. The summed E-state index contributed by atoms with van der Waals surface area (Å²) in [7, 11) is 0. The molecule has 0 unspecified atom stereocenters. The van der Waals surface area contributed by atoms with Crippen molar-refractivity contribution in [1.82, 2.24) is 5.32 Å². The third-order valence-corrected chi connectivity index (χ3v) is 4.25. The van der Waals surface area contributed by atoms with Crippen LogP contribution >= 0.6 is 11.3 Å². The van der Waals surface area contributed by atoms with Gasteiger partial charge in [-0.1, -0.05) is 0 Å². The zero-order valence-corrected chi connectivity index (χ0v) is 12.0. The Morgan fingerprint density at radius 1 is 1.40 bits per heavy atom. The zero-order chi connectivity index (χ0) is 13.9. The summed E-state index contributed by atoms with van der Waals surface area (Å²) in [6, 6.07) is 7.72. The molecule has 5 heteroatoms. The predicted molar refractivity (Wildman–Crippen MR) is 80.7 cm³/mol. The molecular weight excluding hydrogens is 272 g/mol. The van der Waals surface area contributed by atoms with Gasteiger partial charge in [0.2, 0.25) is 0 Å². The first-order valence-electron chi connectivity index (χ1n) is 6.56. The largest absolute Gasteiger partial charge is 0.492 e. The van der Waals surface area contributed by atoms with E-state index in [-0.39, 0.29) is 5.91 Å². The average molecular weight is 288 g/mol. The van der Waals surface area contributed by atoms with Crippen molar-refractivity contribution >= 4 is 22.9 Å². The van der Waals surface area contributed by atoms with Crippen molar-refractivity contribution in [1.29, 1.82) is 0 Å². The lowest BCUT2D eigenvalue weighted by molar-refractivity contribution is 0.103. The normalized spacial score (nSPS) is 14.1. The van der Waals surface area contributed by atoms with E-state index in [2.05, 4.69) is 10.6 Å². The molecule has 2 N–H and O–H groups in total. The first-order valence-corrected chi connectivity index (χ1v) is 7.44. The van der Waals surface area contributed by atoms with Gasteiger partial charge in [0.05, 0.1) is 4.88 Å². The number of nitrogens with one attached hydrogen (secondary N) is 2. The average Bonchev–Trinajstić information content (AvgIpc) is 2.73. The van der Waals surface area contributed by atoms with E-state index in [9.17, 15) is 4.79 Å². The van der Waals surface area contributed by atoms with Gasteiger partial charge in [-0.2, -0.15) is 0 Å². The van der Waals surface area contributed by atoms with Crippen molar-refractivity contribution in [3.63, 3.8) is 0 Å². The molecule has 0 fully saturated rings. The van der Waals surface area contributed by atoms with Gasteiger partial charge in [0, 0.05) is 24.3 Å². The number of thiophene rings is 1. The molecule has 0 saturated heterocycles. The highest BCUT2D eigenvalue weighted by Gasteiger charge is 2.13. The first kappa shape index (κ1) is 13.1. The van der Waals surface area contributed by atoms with Crippen molar-refractivity contribution in [3.05, 3.63) is 45.6 Å². The lowest BCUT2D eigenvalue weighted by atomic mass is 10.1. The molecule has 2 aromatic rings. The molecular formula is C15H16N2O2S. The Balaban J connectivity index is 1.80. The van der Waals surface area contributed by atoms with E-state index in [1.807, 2.05) is 36.6 Å². The lowest BCUT2D eigenvalue weighted by Crippen LogP contribution is -2.16. The molecule has 1 aliphatic rings. The minimum atomic E-state index is -0.0556. The summed E-state index contributed by atoms with van der Waals surface area (Å²) in [5, 5.41) is 8.16. The summed E-state index contributed by atoms with van der Waals surface area (Å²) in [6.45, 7) is 4.22. The van der Waals surface area contributed by atoms with Crippen LogP contribution in [-0.4, -0.2) is 19.1 Å². The standard InChI is InChI=1S/C15H16N2O2S/c1-10-4-7-20-14(10)15(18)17-12-2-3-13-11(8-12)9-16-5-6-19-13/h2-4,7-8,16H,5-6,9H2,1H3,(H,17,18). The van der Waals surface area contributed by atoms with Crippen LogP contribution in [0.5, 0.6) is 5.75 Å². The molecule has 4 nitrogen and oxygen atoms in total. The van der Waals surface area contributed by atoms with Gasteiger partial charge in [-0.3, -0.25) is 4.79 Å². The van der Waals surface area contributed by atoms with Crippen LogP contribution in [0.15, 0.2) is 29.6 Å². The molecule has 1 aromatic carbocycles. The number of carbonyl (C=O) groups excluding carboxylic acids is 1. The molecule has 2 heterocycles. The topological polar surface area (TPSA) is 50.4 Å². The second kappa shape index (κ2) is 5.64. The Labute approximate surface area is 121 Å². The number of hydrogen-bond acceptors (Lipinski definition) is 4. The van der Waals surface area contributed by atoms with Crippen LogP contribution in [-0.2, 0) is 6.54 Å². The van der Waals surface area contributed by atoms with Gasteiger partial charge in [-0.15, -0.1) is 11.3 Å². The lowest BCUT2D eigenvalue weighted by Gasteiger charge is -2.10. The molecule has 0 aliphatic carbocycles. The summed E-state index contributed by atoms with van der Waals surface area (Å²) in [5.74, 6) is 0.834. The number of aryl methyl sites for hydroxylation is 1. The quantitative estimate of drug-likeness (QED) is 0.893. The van der Waals surface area contributed by atoms with Gasteiger partial charge in [-0.05, 0) is 42.1 Å². The van der Waals surface area contributed by atoms with Gasteiger partial charge < -0.3 is 15.4 Å². The Hall–Kier alpha value is -1.85. The fourth-order valence-electron chi connectivity index (χ4n) is 2.19. The summed E-state index contributed by atoms with van der Waals surface area (Å²) in [5.41, 5.74) is 2.88. The van der Waals surface area contributed by atoms with E-state index >= 15 is 0 Å². The van der Waals surface area contributed by atoms with E-state index < -0.39 is 0 Å². The molecule has 20 heavy (non-hydrogen) atoms. The summed E-state index contributed by atoms with van der Waals surface area (Å²) in [6.07, 6.45) is 0. The maximum absolute atomic E-state index is 12.2. The molecule has 0 atom stereocenters. The van der Waals surface area contributed by atoms with E-state index in [4.69, 9.17) is 4.74 Å². The number of benzene rings is 1. The minimum Gasteiger partial charge on any atom is -0.492 e. The summed E-state index contributed by atoms with van der Waals surface area (Å²) >= 11 is 1.46. The number of amides is 1. The monoisotopic (exact) mass is 288 g/mol. The van der Waals surface area contributed by atoms with Gasteiger partial charge in [-0.25, -0.2) is 0 Å². The van der Waals surface area contributed by atoms with E-state index in [0.717, 1.165) is 40.5 Å². The maximum atomic E-state index is 12.2. The van der Waals surface area contributed by atoms with Crippen molar-refractivity contribution in [2.45, 2.75) is 13.5 Å². The minimum absolute atomic E-state index is 0.0556. The Bertz CT molecular complexity index is 637. The predicted octanol–water partition coefficient (Wildman–Crippen LogP) is 2.79. The number of anilines is 1. The van der Waals surface area contributed by atoms with Crippen LogP contribution in [0.1, 0.15) is 20.8 Å². The van der Waals surface area contributed by atoms with Crippen LogP contribution in [0, 0.1) is 6.92 Å². The van der Waals surface area contributed by atoms with Crippen molar-refractivity contribution in [2.75, 3.05) is 18.5 Å². The molecule has 0 saturated carbocycles. The van der Waals surface area contributed by atoms with Gasteiger partial charge in [0.15, 0.2) is 0 Å². The van der Waals surface area contributed by atoms with Crippen LogP contribution in [0.3, 0.4) is 0 Å². The zero-order valence-electron chi connectivity index (χ0n) is 11.2. The van der Waals surface area contributed by atoms with Crippen LogP contribution in [0.4, 0.5) is 5.69 Å². The molecule has 3 rings (SSSR count). The van der Waals surface area contributed by atoms with Gasteiger partial charge >= 0.3 is 0 Å². The maximum Gasteiger partial charge on any atom is 0.265 e. The highest BCUT2D eigenvalue weighted by Crippen LogP contribution is 2.25. The third-order valence-electron chi connectivity index (χ3n) is 3.24. The number of ether oxygens (including phenoxy) is 1. The molecule has 0 radical (unpaired) electrons. The van der Waals surface area contributed by atoms with Gasteiger partial charge in [0.25, 0.3) is 5.91 Å². The smallest absolute Gasteiger partial charge is 0.265 e.